The van der Waals surface area contributed by atoms with Gasteiger partial charge in [-0.2, -0.15) is 0 Å². The maximum absolute atomic E-state index is 11.8. The first-order valence-corrected chi connectivity index (χ1v) is 9.52. The second-order valence-electron chi connectivity index (χ2n) is 6.16. The molecule has 0 aliphatic rings. The Labute approximate surface area is 158 Å². The van der Waals surface area contributed by atoms with Crippen molar-refractivity contribution in [3.63, 3.8) is 0 Å². The molecule has 3 rings (SSSR count). The van der Waals surface area contributed by atoms with Gasteiger partial charge in [-0.05, 0) is 43.5 Å². The number of thiophene rings is 1. The van der Waals surface area contributed by atoms with Gasteiger partial charge in [0.1, 0.15) is 0 Å². The molecule has 0 aliphatic heterocycles. The molecule has 0 radical (unpaired) electrons. The number of esters is 1. The zero-order valence-corrected chi connectivity index (χ0v) is 16.1. The first kappa shape index (κ1) is 18.2. The molecule has 3 aromatic rings. The lowest BCUT2D eigenvalue weighted by molar-refractivity contribution is -0.137. The molecule has 2 aromatic carbocycles. The molecule has 0 saturated carbocycles. The van der Waals surface area contributed by atoms with Crippen LogP contribution in [0.1, 0.15) is 24.3 Å². The van der Waals surface area contributed by atoms with Crippen LogP contribution in [0.25, 0.3) is 27.1 Å². The van der Waals surface area contributed by atoms with Crippen molar-refractivity contribution in [2.24, 2.45) is 0 Å². The molecule has 0 N–H and O–H groups in total. The summed E-state index contributed by atoms with van der Waals surface area (Å²) in [6, 6.07) is 21.1. The third kappa shape index (κ3) is 4.12. The highest BCUT2D eigenvalue weighted by Crippen LogP contribution is 2.41. The number of carbonyl (C=O) groups is 1. The number of aryl methyl sites for hydroxylation is 1. The summed E-state index contributed by atoms with van der Waals surface area (Å²) in [5.74, 6) is -0.295. The topological polar surface area (TPSA) is 26.3 Å². The number of hydrogen-bond acceptors (Lipinski definition) is 3. The summed E-state index contributed by atoms with van der Waals surface area (Å²) in [5.41, 5.74) is 5.71. The van der Waals surface area contributed by atoms with E-state index in [2.05, 4.69) is 61.5 Å². The Kier molecular flexibility index (Phi) is 5.69. The molecule has 1 aromatic heterocycles. The fourth-order valence-electron chi connectivity index (χ4n) is 2.77. The van der Waals surface area contributed by atoms with E-state index < -0.39 is 0 Å². The van der Waals surface area contributed by atoms with E-state index in [-0.39, 0.29) is 5.97 Å². The Morgan fingerprint density at radius 1 is 1.04 bits per heavy atom. The molecule has 0 atom stereocenters. The zero-order valence-electron chi connectivity index (χ0n) is 15.3. The van der Waals surface area contributed by atoms with Crippen molar-refractivity contribution in [3.8, 4) is 21.6 Å². The SMILES string of the molecule is CCOC(=O)/C=C(\C)c1cc(-c2ccc(C)cc2)c(-c2ccccc2)s1. The molecule has 0 saturated heterocycles. The Morgan fingerprint density at radius 3 is 2.38 bits per heavy atom. The van der Waals surface area contributed by atoms with Gasteiger partial charge in [-0.15, -0.1) is 11.3 Å². The van der Waals surface area contributed by atoms with Crippen LogP contribution in [0, 0.1) is 6.92 Å². The minimum absolute atomic E-state index is 0.295. The van der Waals surface area contributed by atoms with Crippen LogP contribution >= 0.6 is 11.3 Å². The van der Waals surface area contributed by atoms with Gasteiger partial charge in [0.25, 0.3) is 0 Å². The van der Waals surface area contributed by atoms with Gasteiger partial charge in [-0.3, -0.25) is 0 Å². The smallest absolute Gasteiger partial charge is 0.331 e. The summed E-state index contributed by atoms with van der Waals surface area (Å²) < 4.78 is 5.04. The Bertz CT molecular complexity index is 919. The third-order valence-electron chi connectivity index (χ3n) is 4.14. The molecular formula is C23H22O2S. The van der Waals surface area contributed by atoms with Crippen molar-refractivity contribution in [2.75, 3.05) is 6.61 Å². The lowest BCUT2D eigenvalue weighted by Gasteiger charge is -2.04. The number of ether oxygens (including phenoxy) is 1. The third-order valence-corrected chi connectivity index (χ3v) is 5.46. The van der Waals surface area contributed by atoms with Crippen LogP contribution in [-0.4, -0.2) is 12.6 Å². The van der Waals surface area contributed by atoms with Gasteiger partial charge in [0, 0.05) is 21.4 Å². The average Bonchev–Trinajstić information content (AvgIpc) is 3.09. The summed E-state index contributed by atoms with van der Waals surface area (Å²) >= 11 is 1.70. The molecule has 132 valence electrons. The van der Waals surface area contributed by atoms with E-state index in [4.69, 9.17) is 4.74 Å². The van der Waals surface area contributed by atoms with Crippen molar-refractivity contribution in [1.82, 2.24) is 0 Å². The minimum Gasteiger partial charge on any atom is -0.463 e. The van der Waals surface area contributed by atoms with Gasteiger partial charge in [-0.1, -0.05) is 60.2 Å². The first-order chi connectivity index (χ1) is 12.6. The normalized spacial score (nSPS) is 11.4. The van der Waals surface area contributed by atoms with Crippen LogP contribution in [0.3, 0.4) is 0 Å². The quantitative estimate of drug-likeness (QED) is 0.390. The average molecular weight is 362 g/mol. The van der Waals surface area contributed by atoms with Crippen molar-refractivity contribution in [3.05, 3.63) is 77.2 Å². The van der Waals surface area contributed by atoms with Gasteiger partial charge < -0.3 is 4.74 Å². The highest BCUT2D eigenvalue weighted by Gasteiger charge is 2.14. The van der Waals surface area contributed by atoms with Crippen LogP contribution in [-0.2, 0) is 9.53 Å². The number of rotatable bonds is 5. The van der Waals surface area contributed by atoms with Crippen molar-refractivity contribution in [1.29, 1.82) is 0 Å². The van der Waals surface area contributed by atoms with E-state index in [1.807, 2.05) is 19.9 Å². The van der Waals surface area contributed by atoms with Crippen LogP contribution < -0.4 is 0 Å². The second-order valence-corrected chi connectivity index (χ2v) is 7.22. The predicted octanol–water partition coefficient (Wildman–Crippen LogP) is 6.36. The standard InChI is InChI=1S/C23H22O2S/c1-4-25-22(24)14-17(3)21-15-20(18-12-10-16(2)11-13-18)23(26-21)19-8-6-5-7-9-19/h5-15H,4H2,1-3H3/b17-14+. The summed E-state index contributed by atoms with van der Waals surface area (Å²) in [6.45, 7) is 6.25. The summed E-state index contributed by atoms with van der Waals surface area (Å²) in [4.78, 5) is 14.1. The van der Waals surface area contributed by atoms with Gasteiger partial charge in [0.2, 0.25) is 0 Å². The Balaban J connectivity index is 2.09. The molecule has 0 aliphatic carbocycles. The molecule has 1 heterocycles. The number of hydrogen-bond donors (Lipinski definition) is 0. The van der Waals surface area contributed by atoms with E-state index in [1.54, 1.807) is 17.4 Å². The molecule has 0 unspecified atom stereocenters. The zero-order chi connectivity index (χ0) is 18.5. The van der Waals surface area contributed by atoms with Crippen LogP contribution in [0.2, 0.25) is 0 Å². The maximum Gasteiger partial charge on any atom is 0.331 e. The van der Waals surface area contributed by atoms with Gasteiger partial charge in [-0.25, -0.2) is 4.79 Å². The molecule has 0 fully saturated rings. The summed E-state index contributed by atoms with van der Waals surface area (Å²) in [5, 5.41) is 0. The molecule has 0 amide bonds. The second kappa shape index (κ2) is 8.15. The van der Waals surface area contributed by atoms with Gasteiger partial charge >= 0.3 is 5.97 Å². The first-order valence-electron chi connectivity index (χ1n) is 8.70. The number of carbonyl (C=O) groups excluding carboxylic acids is 1. The van der Waals surface area contributed by atoms with Crippen LogP contribution in [0.5, 0.6) is 0 Å². The molecule has 0 bridgehead atoms. The van der Waals surface area contributed by atoms with E-state index in [9.17, 15) is 4.79 Å². The van der Waals surface area contributed by atoms with E-state index in [1.165, 1.54) is 27.1 Å². The van der Waals surface area contributed by atoms with Gasteiger partial charge in [0.15, 0.2) is 0 Å². The lowest BCUT2D eigenvalue weighted by atomic mass is 10.0. The number of allylic oxidation sites excluding steroid dienone is 1. The Hall–Kier alpha value is -2.65. The van der Waals surface area contributed by atoms with Crippen LogP contribution in [0.15, 0.2) is 66.7 Å². The van der Waals surface area contributed by atoms with Crippen molar-refractivity contribution < 1.29 is 9.53 Å². The highest BCUT2D eigenvalue weighted by atomic mass is 32.1. The largest absolute Gasteiger partial charge is 0.463 e. The molecule has 3 heteroatoms. The lowest BCUT2D eigenvalue weighted by Crippen LogP contribution is -1.99. The summed E-state index contributed by atoms with van der Waals surface area (Å²) in [6.07, 6.45) is 1.57. The minimum atomic E-state index is -0.295. The van der Waals surface area contributed by atoms with Crippen molar-refractivity contribution >= 4 is 22.9 Å². The van der Waals surface area contributed by atoms with Gasteiger partial charge in [0.05, 0.1) is 6.61 Å². The fourth-order valence-corrected chi connectivity index (χ4v) is 3.93. The van der Waals surface area contributed by atoms with E-state index >= 15 is 0 Å². The molecular weight excluding hydrogens is 340 g/mol. The van der Waals surface area contributed by atoms with Crippen LogP contribution in [0.4, 0.5) is 0 Å². The highest BCUT2D eigenvalue weighted by molar-refractivity contribution is 7.17. The molecule has 2 nitrogen and oxygen atoms in total. The Morgan fingerprint density at radius 2 is 1.73 bits per heavy atom. The summed E-state index contributed by atoms with van der Waals surface area (Å²) in [7, 11) is 0. The maximum atomic E-state index is 11.8. The predicted molar refractivity (Wildman–Crippen MR) is 110 cm³/mol. The molecule has 26 heavy (non-hydrogen) atoms. The molecule has 0 spiro atoms. The fraction of sp³-hybridized carbons (Fsp3) is 0.174. The number of benzene rings is 2. The van der Waals surface area contributed by atoms with Crippen molar-refractivity contribution in [2.45, 2.75) is 20.8 Å². The van der Waals surface area contributed by atoms with E-state index in [0.717, 1.165) is 10.5 Å². The van der Waals surface area contributed by atoms with E-state index in [0.29, 0.717) is 6.61 Å². The monoisotopic (exact) mass is 362 g/mol.